The van der Waals surface area contributed by atoms with E-state index >= 15 is 0 Å². The van der Waals surface area contributed by atoms with Gasteiger partial charge in [-0.25, -0.2) is 9.97 Å². The standard InChI is InChI=1S/C27H24Cl2N8O4S/c1-36-7-8-37(24(39)27(36)5-6-27)22-10-17(18-9-21(29)31-13-20(18)40-2)19(12-32-22)23(38)33-25-34-35-26(42-25)41-14-16-4-3-15(28)11-30-16/h3-4,9-13H,5-8,14H2,1-2H3,(H,33,34,38). The highest BCUT2D eigenvalue weighted by atomic mass is 35.5. The summed E-state index contributed by atoms with van der Waals surface area (Å²) in [6, 6.07) is 6.76. The van der Waals surface area contributed by atoms with Crippen molar-refractivity contribution in [1.29, 1.82) is 0 Å². The maximum Gasteiger partial charge on any atom is 0.296 e. The quantitative estimate of drug-likeness (QED) is 0.281. The Labute approximate surface area is 254 Å². The average Bonchev–Trinajstić information content (AvgIpc) is 3.68. The van der Waals surface area contributed by atoms with Crippen molar-refractivity contribution in [2.75, 3.05) is 37.5 Å². The van der Waals surface area contributed by atoms with Crippen LogP contribution in [-0.4, -0.2) is 74.6 Å². The molecule has 6 rings (SSSR count). The molecule has 0 atom stereocenters. The normalized spacial score (nSPS) is 16.0. The summed E-state index contributed by atoms with van der Waals surface area (Å²) < 4.78 is 11.2. The number of pyridine rings is 3. The summed E-state index contributed by atoms with van der Waals surface area (Å²) in [6.07, 6.45) is 6.05. The van der Waals surface area contributed by atoms with E-state index in [4.69, 9.17) is 32.7 Å². The third kappa shape index (κ3) is 5.48. The van der Waals surface area contributed by atoms with Crippen molar-refractivity contribution in [2.24, 2.45) is 0 Å². The number of halogens is 2. The maximum atomic E-state index is 13.6. The molecule has 1 aliphatic heterocycles. The maximum absolute atomic E-state index is 13.6. The molecule has 0 unspecified atom stereocenters. The van der Waals surface area contributed by atoms with E-state index in [1.165, 1.54) is 25.7 Å². The Morgan fingerprint density at radius 2 is 1.90 bits per heavy atom. The Bertz CT molecular complexity index is 1660. The van der Waals surface area contributed by atoms with Crippen LogP contribution in [0.1, 0.15) is 28.9 Å². The molecule has 0 bridgehead atoms. The number of piperazine rings is 1. The molecule has 15 heteroatoms. The van der Waals surface area contributed by atoms with Gasteiger partial charge in [0.15, 0.2) is 0 Å². The second-order valence-corrected chi connectivity index (χ2v) is 11.6. The number of likely N-dealkylation sites (N-methyl/N-ethyl adjacent to an activating group) is 1. The highest BCUT2D eigenvalue weighted by molar-refractivity contribution is 7.17. The molecule has 1 aliphatic carbocycles. The summed E-state index contributed by atoms with van der Waals surface area (Å²) in [5.74, 6) is 0.339. The molecule has 0 aromatic carbocycles. The minimum atomic E-state index is -0.496. The zero-order valence-electron chi connectivity index (χ0n) is 22.5. The fourth-order valence-electron chi connectivity index (χ4n) is 4.81. The molecule has 216 valence electrons. The Morgan fingerprint density at radius 3 is 2.64 bits per heavy atom. The van der Waals surface area contributed by atoms with Gasteiger partial charge in [-0.1, -0.05) is 28.3 Å². The second kappa shape index (κ2) is 11.4. The summed E-state index contributed by atoms with van der Waals surface area (Å²) in [7, 11) is 3.47. The first-order valence-corrected chi connectivity index (χ1v) is 14.5. The van der Waals surface area contributed by atoms with Crippen LogP contribution in [0.3, 0.4) is 0 Å². The molecular weight excluding hydrogens is 603 g/mol. The zero-order chi connectivity index (χ0) is 29.4. The van der Waals surface area contributed by atoms with Crippen LogP contribution >= 0.6 is 34.5 Å². The number of nitrogens with one attached hydrogen (secondary N) is 1. The molecule has 4 aromatic rings. The zero-order valence-corrected chi connectivity index (χ0v) is 24.8. The molecule has 2 fully saturated rings. The van der Waals surface area contributed by atoms with E-state index in [0.717, 1.165) is 24.2 Å². The molecule has 4 aromatic heterocycles. The van der Waals surface area contributed by atoms with E-state index in [9.17, 15) is 9.59 Å². The number of methoxy groups -OCH3 is 1. The van der Waals surface area contributed by atoms with Gasteiger partial charge in [-0.2, -0.15) is 0 Å². The molecule has 42 heavy (non-hydrogen) atoms. The van der Waals surface area contributed by atoms with E-state index < -0.39 is 11.4 Å². The van der Waals surface area contributed by atoms with Crippen molar-refractivity contribution in [3.8, 4) is 22.1 Å². The van der Waals surface area contributed by atoms with E-state index in [0.29, 0.717) is 46.5 Å². The lowest BCUT2D eigenvalue weighted by Crippen LogP contribution is -2.57. The molecule has 1 saturated heterocycles. The summed E-state index contributed by atoms with van der Waals surface area (Å²) in [6.45, 7) is 1.34. The van der Waals surface area contributed by atoms with Gasteiger partial charge in [0.2, 0.25) is 11.0 Å². The van der Waals surface area contributed by atoms with Crippen molar-refractivity contribution in [2.45, 2.75) is 25.0 Å². The number of carbonyl (C=O) groups is 2. The molecule has 5 heterocycles. The minimum absolute atomic E-state index is 0.00168. The largest absolute Gasteiger partial charge is 0.494 e. The lowest BCUT2D eigenvalue weighted by molar-refractivity contribution is -0.126. The Hall–Kier alpha value is -3.91. The van der Waals surface area contributed by atoms with E-state index in [-0.39, 0.29) is 33.6 Å². The highest BCUT2D eigenvalue weighted by Gasteiger charge is 2.57. The predicted molar refractivity (Wildman–Crippen MR) is 157 cm³/mol. The van der Waals surface area contributed by atoms with Crippen LogP contribution in [0.15, 0.2) is 42.9 Å². The molecular formula is C27H24Cl2N8O4S. The van der Waals surface area contributed by atoms with Crippen LogP contribution in [0.4, 0.5) is 10.9 Å². The second-order valence-electron chi connectivity index (χ2n) is 9.79. The summed E-state index contributed by atoms with van der Waals surface area (Å²) >= 11 is 13.2. The van der Waals surface area contributed by atoms with Crippen LogP contribution in [0.25, 0.3) is 11.1 Å². The van der Waals surface area contributed by atoms with Crippen molar-refractivity contribution < 1.29 is 19.1 Å². The molecule has 12 nitrogen and oxygen atoms in total. The van der Waals surface area contributed by atoms with Gasteiger partial charge in [-0.05, 0) is 55.5 Å². The number of carbonyl (C=O) groups excluding carboxylic acids is 2. The van der Waals surface area contributed by atoms with Crippen LogP contribution in [-0.2, 0) is 11.4 Å². The SMILES string of the molecule is COc1cnc(Cl)cc1-c1cc(N2CCN(C)C3(CC3)C2=O)ncc1C(=O)Nc1nnc(OCc2ccc(Cl)cn2)s1. The smallest absolute Gasteiger partial charge is 0.296 e. The van der Waals surface area contributed by atoms with Crippen LogP contribution in [0.2, 0.25) is 10.2 Å². The van der Waals surface area contributed by atoms with Gasteiger partial charge in [0.05, 0.1) is 29.6 Å². The van der Waals surface area contributed by atoms with E-state index in [1.54, 1.807) is 29.2 Å². The van der Waals surface area contributed by atoms with Crippen molar-refractivity contribution in [3.63, 3.8) is 0 Å². The van der Waals surface area contributed by atoms with Crippen molar-refractivity contribution in [3.05, 3.63) is 64.3 Å². The molecule has 1 spiro atoms. The number of hydrogen-bond donors (Lipinski definition) is 1. The van der Waals surface area contributed by atoms with Gasteiger partial charge in [-0.3, -0.25) is 29.7 Å². The fourth-order valence-corrected chi connectivity index (χ4v) is 5.67. The number of rotatable bonds is 8. The number of aromatic nitrogens is 5. The monoisotopic (exact) mass is 626 g/mol. The first kappa shape index (κ1) is 28.2. The first-order chi connectivity index (χ1) is 20.3. The van der Waals surface area contributed by atoms with Crippen molar-refractivity contribution >= 4 is 57.3 Å². The van der Waals surface area contributed by atoms with Gasteiger partial charge in [0.1, 0.15) is 28.9 Å². The summed E-state index contributed by atoms with van der Waals surface area (Å²) in [5, 5.41) is 12.0. The van der Waals surface area contributed by atoms with Crippen molar-refractivity contribution in [1.82, 2.24) is 30.0 Å². The van der Waals surface area contributed by atoms with Crippen LogP contribution < -0.4 is 19.7 Å². The van der Waals surface area contributed by atoms with Crippen LogP contribution in [0.5, 0.6) is 10.9 Å². The first-order valence-electron chi connectivity index (χ1n) is 12.9. The van der Waals surface area contributed by atoms with E-state index in [1.807, 2.05) is 7.05 Å². The van der Waals surface area contributed by atoms with Gasteiger partial charge >= 0.3 is 0 Å². The molecule has 1 saturated carbocycles. The number of amides is 2. The Balaban J connectivity index is 1.28. The number of ether oxygens (including phenoxy) is 2. The fraction of sp³-hybridized carbons (Fsp3) is 0.296. The van der Waals surface area contributed by atoms with E-state index in [2.05, 4.69) is 35.4 Å². The number of nitrogens with zero attached hydrogens (tertiary/aromatic N) is 7. The summed E-state index contributed by atoms with van der Waals surface area (Å²) in [4.78, 5) is 43.6. The Kier molecular flexibility index (Phi) is 7.66. The lowest BCUT2D eigenvalue weighted by Gasteiger charge is -2.38. The number of hydrogen-bond acceptors (Lipinski definition) is 11. The highest BCUT2D eigenvalue weighted by Crippen LogP contribution is 2.45. The van der Waals surface area contributed by atoms with Gasteiger partial charge in [0.25, 0.3) is 11.1 Å². The van der Waals surface area contributed by atoms with Crippen LogP contribution in [0, 0.1) is 0 Å². The molecule has 2 amide bonds. The predicted octanol–water partition coefficient (Wildman–Crippen LogP) is 4.35. The molecule has 2 aliphatic rings. The Morgan fingerprint density at radius 1 is 1.07 bits per heavy atom. The third-order valence-electron chi connectivity index (χ3n) is 7.27. The molecule has 0 radical (unpaired) electrons. The van der Waals surface area contributed by atoms with Gasteiger partial charge < -0.3 is 9.47 Å². The topological polar surface area (TPSA) is 136 Å². The molecule has 1 N–H and O–H groups in total. The average molecular weight is 628 g/mol. The third-order valence-corrected chi connectivity index (χ3v) is 8.45. The minimum Gasteiger partial charge on any atom is -0.494 e. The summed E-state index contributed by atoms with van der Waals surface area (Å²) in [5.41, 5.74) is 1.38. The van der Waals surface area contributed by atoms with Gasteiger partial charge in [-0.15, -0.1) is 5.10 Å². The lowest BCUT2D eigenvalue weighted by atomic mass is 10.0. The van der Waals surface area contributed by atoms with Gasteiger partial charge in [0, 0.05) is 36.6 Å². The number of anilines is 2.